The van der Waals surface area contributed by atoms with Gasteiger partial charge in [-0.1, -0.05) is 29.8 Å². The van der Waals surface area contributed by atoms with E-state index in [1.807, 2.05) is 6.07 Å². The second kappa shape index (κ2) is 8.72. The van der Waals surface area contributed by atoms with E-state index in [2.05, 4.69) is 26.8 Å². The summed E-state index contributed by atoms with van der Waals surface area (Å²) >= 11 is 11.9. The van der Waals surface area contributed by atoms with E-state index in [-0.39, 0.29) is 34.8 Å². The first-order valence-electron chi connectivity index (χ1n) is 9.84. The molecule has 0 saturated carbocycles. The number of anilines is 1. The van der Waals surface area contributed by atoms with Gasteiger partial charge >= 0.3 is 0 Å². The summed E-state index contributed by atoms with van der Waals surface area (Å²) in [6.45, 7) is 3.69. The Morgan fingerprint density at radius 1 is 1.16 bits per heavy atom. The Labute approximate surface area is 189 Å². The number of carbonyl (C=O) groups is 2. The lowest BCUT2D eigenvalue weighted by Crippen LogP contribution is -2.51. The minimum absolute atomic E-state index is 0.0138. The van der Waals surface area contributed by atoms with Crippen molar-refractivity contribution in [2.75, 3.05) is 4.90 Å². The second-order valence-electron chi connectivity index (χ2n) is 7.67. The maximum absolute atomic E-state index is 12.6. The molecule has 2 aromatic rings. The maximum atomic E-state index is 12.6. The number of nitrogens with two attached hydrogens (primary N) is 1. The van der Waals surface area contributed by atoms with Gasteiger partial charge < -0.3 is 20.7 Å². The van der Waals surface area contributed by atoms with Gasteiger partial charge in [-0.05, 0) is 43.9 Å². The normalized spacial score (nSPS) is 22.1. The van der Waals surface area contributed by atoms with Crippen LogP contribution in [0.25, 0.3) is 0 Å². The number of carbonyl (C=O) groups excluding carboxylic acids is 2. The molecule has 0 spiro atoms. The SMILES string of the molecule is C=C(Oc1ncc(Cl)cc1Cl)C(=O)NC1CC2CCC(C1)N2c1ccc(C(N)=O)cn1. The zero-order chi connectivity index (χ0) is 22.1. The van der Waals surface area contributed by atoms with Crippen molar-refractivity contribution in [3.05, 3.63) is 58.5 Å². The Balaban J connectivity index is 1.37. The van der Waals surface area contributed by atoms with Crippen LogP contribution < -0.4 is 20.7 Å². The number of nitrogens with zero attached hydrogens (tertiary/aromatic N) is 3. The van der Waals surface area contributed by atoms with Gasteiger partial charge in [0.1, 0.15) is 10.8 Å². The number of halogens is 2. The van der Waals surface area contributed by atoms with Crippen LogP contribution in [0.1, 0.15) is 36.0 Å². The van der Waals surface area contributed by atoms with Gasteiger partial charge in [0.2, 0.25) is 11.8 Å². The van der Waals surface area contributed by atoms with E-state index in [0.29, 0.717) is 10.6 Å². The summed E-state index contributed by atoms with van der Waals surface area (Å²) in [4.78, 5) is 34.5. The highest BCUT2D eigenvalue weighted by atomic mass is 35.5. The Morgan fingerprint density at radius 3 is 2.45 bits per heavy atom. The molecule has 0 aromatic carbocycles. The number of hydrogen-bond acceptors (Lipinski definition) is 6. The number of nitrogens with one attached hydrogen (secondary N) is 1. The molecule has 4 heterocycles. The standard InChI is InChI=1S/C21H21Cl2N5O3/c1-11(31-21-17(23)6-13(22)10-26-21)20(30)27-14-7-15-3-4-16(8-14)28(15)18-5-2-12(9-25-18)19(24)29/h2,5-6,9-10,14-16H,1,3-4,7-8H2,(H2,24,29)(H,27,30). The quantitative estimate of drug-likeness (QED) is 0.504. The highest BCUT2D eigenvalue weighted by molar-refractivity contribution is 6.35. The number of piperidine rings is 1. The summed E-state index contributed by atoms with van der Waals surface area (Å²) in [7, 11) is 0. The number of amides is 2. The average Bonchev–Trinajstić information content (AvgIpc) is 3.00. The minimum Gasteiger partial charge on any atom is -0.432 e. The molecule has 3 N–H and O–H groups in total. The van der Waals surface area contributed by atoms with Crippen molar-refractivity contribution in [3.63, 3.8) is 0 Å². The molecule has 2 fully saturated rings. The second-order valence-corrected chi connectivity index (χ2v) is 8.51. The smallest absolute Gasteiger partial charge is 0.286 e. The molecule has 2 aromatic heterocycles. The van der Waals surface area contributed by atoms with Crippen LogP contribution in [-0.4, -0.2) is 39.9 Å². The third-order valence-corrected chi connectivity index (χ3v) is 6.09. The topological polar surface area (TPSA) is 110 Å². The molecule has 2 saturated heterocycles. The zero-order valence-electron chi connectivity index (χ0n) is 16.6. The molecule has 31 heavy (non-hydrogen) atoms. The van der Waals surface area contributed by atoms with Crippen LogP contribution in [0.3, 0.4) is 0 Å². The minimum atomic E-state index is -0.499. The zero-order valence-corrected chi connectivity index (χ0v) is 18.1. The molecule has 162 valence electrons. The van der Waals surface area contributed by atoms with Gasteiger partial charge in [0.15, 0.2) is 5.76 Å². The molecule has 2 aliphatic rings. The van der Waals surface area contributed by atoms with Gasteiger partial charge in [0.05, 0.1) is 10.6 Å². The van der Waals surface area contributed by atoms with Crippen molar-refractivity contribution >= 4 is 40.8 Å². The Morgan fingerprint density at radius 2 is 1.87 bits per heavy atom. The monoisotopic (exact) mass is 461 g/mol. The Kier molecular flexibility index (Phi) is 6.02. The van der Waals surface area contributed by atoms with Crippen LogP contribution in [0.2, 0.25) is 10.0 Å². The first-order valence-corrected chi connectivity index (χ1v) is 10.6. The molecular weight excluding hydrogens is 441 g/mol. The highest BCUT2D eigenvalue weighted by Crippen LogP contribution is 2.38. The summed E-state index contributed by atoms with van der Waals surface area (Å²) in [5, 5.41) is 3.56. The summed E-state index contributed by atoms with van der Waals surface area (Å²) in [5.74, 6) is -0.101. The summed E-state index contributed by atoms with van der Waals surface area (Å²) < 4.78 is 5.43. The van der Waals surface area contributed by atoms with Crippen molar-refractivity contribution in [2.24, 2.45) is 5.73 Å². The van der Waals surface area contributed by atoms with Crippen LogP contribution in [0.5, 0.6) is 5.88 Å². The summed E-state index contributed by atoms with van der Waals surface area (Å²) in [6, 6.07) is 5.47. The lowest BCUT2D eigenvalue weighted by molar-refractivity contribution is -0.120. The number of aromatic nitrogens is 2. The fourth-order valence-electron chi connectivity index (χ4n) is 4.26. The van der Waals surface area contributed by atoms with Gasteiger partial charge in [-0.25, -0.2) is 9.97 Å². The van der Waals surface area contributed by atoms with E-state index in [1.54, 1.807) is 6.07 Å². The van der Waals surface area contributed by atoms with Crippen molar-refractivity contribution < 1.29 is 14.3 Å². The number of ether oxygens (including phenoxy) is 1. The van der Waals surface area contributed by atoms with Gasteiger partial charge in [0, 0.05) is 30.5 Å². The molecule has 2 bridgehead atoms. The van der Waals surface area contributed by atoms with Crippen LogP contribution in [0, 0.1) is 0 Å². The van der Waals surface area contributed by atoms with E-state index < -0.39 is 11.8 Å². The van der Waals surface area contributed by atoms with Crippen molar-refractivity contribution in [3.8, 4) is 5.88 Å². The first kappa shape index (κ1) is 21.4. The van der Waals surface area contributed by atoms with E-state index in [4.69, 9.17) is 33.7 Å². The van der Waals surface area contributed by atoms with Crippen molar-refractivity contribution in [1.29, 1.82) is 0 Å². The molecule has 10 heteroatoms. The lowest BCUT2D eigenvalue weighted by atomic mass is 9.97. The summed E-state index contributed by atoms with van der Waals surface area (Å²) in [6.07, 6.45) is 6.45. The average molecular weight is 462 g/mol. The number of rotatable bonds is 6. The number of pyridine rings is 2. The molecule has 2 amide bonds. The van der Waals surface area contributed by atoms with Crippen molar-refractivity contribution in [2.45, 2.75) is 43.8 Å². The fourth-order valence-corrected chi connectivity index (χ4v) is 4.68. The van der Waals surface area contributed by atoms with Crippen LogP contribution in [0.4, 0.5) is 5.82 Å². The molecule has 8 nitrogen and oxygen atoms in total. The lowest BCUT2D eigenvalue weighted by Gasteiger charge is -2.40. The van der Waals surface area contributed by atoms with Gasteiger partial charge in [-0.2, -0.15) is 0 Å². The number of primary amides is 1. The van der Waals surface area contributed by atoms with Crippen LogP contribution >= 0.6 is 23.2 Å². The maximum Gasteiger partial charge on any atom is 0.286 e. The third-order valence-electron chi connectivity index (χ3n) is 5.61. The largest absolute Gasteiger partial charge is 0.432 e. The highest BCUT2D eigenvalue weighted by Gasteiger charge is 2.42. The molecule has 2 atom stereocenters. The van der Waals surface area contributed by atoms with Crippen molar-refractivity contribution in [1.82, 2.24) is 15.3 Å². The first-order chi connectivity index (χ1) is 14.8. The molecule has 0 aliphatic carbocycles. The van der Waals surface area contributed by atoms with E-state index in [1.165, 1.54) is 18.5 Å². The van der Waals surface area contributed by atoms with Crippen LogP contribution in [0.15, 0.2) is 42.9 Å². The number of hydrogen-bond donors (Lipinski definition) is 2. The third kappa shape index (κ3) is 4.60. The molecule has 0 radical (unpaired) electrons. The van der Waals surface area contributed by atoms with Crippen LogP contribution in [-0.2, 0) is 4.79 Å². The Hall–Kier alpha value is -2.84. The molecular formula is C21H21Cl2N5O3. The van der Waals surface area contributed by atoms with Gasteiger partial charge in [0.25, 0.3) is 5.91 Å². The number of fused-ring (bicyclic) bond motifs is 2. The predicted molar refractivity (Wildman–Crippen MR) is 117 cm³/mol. The van der Waals surface area contributed by atoms with Gasteiger partial charge in [-0.15, -0.1) is 0 Å². The Bertz CT molecular complexity index is 1020. The van der Waals surface area contributed by atoms with E-state index in [9.17, 15) is 9.59 Å². The van der Waals surface area contributed by atoms with Gasteiger partial charge in [-0.3, -0.25) is 9.59 Å². The van der Waals surface area contributed by atoms with E-state index in [0.717, 1.165) is 31.5 Å². The molecule has 4 rings (SSSR count). The fraction of sp³-hybridized carbons (Fsp3) is 0.333. The molecule has 2 aliphatic heterocycles. The predicted octanol–water partition coefficient (Wildman–Crippen LogP) is 3.09. The van der Waals surface area contributed by atoms with E-state index >= 15 is 0 Å². The summed E-state index contributed by atoms with van der Waals surface area (Å²) in [5.41, 5.74) is 5.68. The molecule has 2 unspecified atom stereocenters.